The summed E-state index contributed by atoms with van der Waals surface area (Å²) in [6.07, 6.45) is 0. The second-order valence-corrected chi connectivity index (χ2v) is 10.5. The number of furan rings is 1. The van der Waals surface area contributed by atoms with E-state index in [1.54, 1.807) is 0 Å². The van der Waals surface area contributed by atoms with Crippen molar-refractivity contribution in [2.45, 2.75) is 0 Å². The van der Waals surface area contributed by atoms with Crippen LogP contribution in [0.4, 0.5) is 17.1 Å². The predicted molar refractivity (Wildman–Crippen MR) is 178 cm³/mol. The van der Waals surface area contributed by atoms with E-state index in [2.05, 4.69) is 71.6 Å². The molecule has 0 saturated heterocycles. The number of rotatable bonds is 6. The van der Waals surface area contributed by atoms with Crippen molar-refractivity contribution in [3.8, 4) is 34.2 Å². The molecule has 0 unspecified atom stereocenters. The number of para-hydroxylation sites is 3. The van der Waals surface area contributed by atoms with Crippen LogP contribution in [0.2, 0.25) is 0 Å². The van der Waals surface area contributed by atoms with E-state index in [-0.39, 0.29) is 0 Å². The van der Waals surface area contributed by atoms with Gasteiger partial charge in [0.15, 0.2) is 17.5 Å². The number of hydrogen-bond donors (Lipinski definition) is 0. The van der Waals surface area contributed by atoms with E-state index >= 15 is 0 Å². The fourth-order valence-electron chi connectivity index (χ4n) is 5.68. The minimum Gasteiger partial charge on any atom is -0.455 e. The molecule has 0 aliphatic rings. The van der Waals surface area contributed by atoms with Gasteiger partial charge in [-0.05, 0) is 42.5 Å². The Labute approximate surface area is 254 Å². The molecule has 0 atom stereocenters. The Morgan fingerprint density at radius 2 is 0.909 bits per heavy atom. The van der Waals surface area contributed by atoms with Gasteiger partial charge in [-0.15, -0.1) is 0 Å². The Kier molecular flexibility index (Phi) is 6.39. The van der Waals surface area contributed by atoms with Crippen LogP contribution in [0, 0.1) is 0 Å². The Hall–Kier alpha value is -6.07. The zero-order valence-corrected chi connectivity index (χ0v) is 23.7. The van der Waals surface area contributed by atoms with E-state index < -0.39 is 0 Å². The molecule has 44 heavy (non-hydrogen) atoms. The van der Waals surface area contributed by atoms with Gasteiger partial charge in [0.05, 0.1) is 16.6 Å². The largest absolute Gasteiger partial charge is 0.455 e. The minimum atomic E-state index is 0.555. The van der Waals surface area contributed by atoms with Gasteiger partial charge in [-0.25, -0.2) is 15.0 Å². The molecule has 8 aromatic rings. The van der Waals surface area contributed by atoms with E-state index in [0.717, 1.165) is 55.7 Å². The minimum absolute atomic E-state index is 0.555. The van der Waals surface area contributed by atoms with Gasteiger partial charge in [-0.1, -0.05) is 115 Å². The molecule has 0 spiro atoms. The molecule has 0 aliphatic heterocycles. The van der Waals surface area contributed by atoms with Crippen molar-refractivity contribution in [2.75, 3.05) is 4.90 Å². The van der Waals surface area contributed by atoms with Crippen LogP contribution in [0.15, 0.2) is 162 Å². The summed E-state index contributed by atoms with van der Waals surface area (Å²) in [6, 6.07) is 53.2. The maximum Gasteiger partial charge on any atom is 0.167 e. The van der Waals surface area contributed by atoms with Crippen molar-refractivity contribution in [3.63, 3.8) is 0 Å². The van der Waals surface area contributed by atoms with Gasteiger partial charge in [-0.2, -0.15) is 0 Å². The number of hydrogen-bond acceptors (Lipinski definition) is 5. The first-order valence-electron chi connectivity index (χ1n) is 14.6. The summed E-state index contributed by atoms with van der Waals surface area (Å²) < 4.78 is 6.66. The lowest BCUT2D eigenvalue weighted by Gasteiger charge is -2.26. The summed E-state index contributed by atoms with van der Waals surface area (Å²) in [7, 11) is 0. The molecule has 0 aliphatic carbocycles. The van der Waals surface area contributed by atoms with Crippen LogP contribution in [0.3, 0.4) is 0 Å². The second-order valence-electron chi connectivity index (χ2n) is 10.5. The lowest BCUT2D eigenvalue weighted by atomic mass is 10.0. The molecule has 208 valence electrons. The van der Waals surface area contributed by atoms with E-state index in [1.165, 1.54) is 0 Å². The molecular weight excluding hydrogens is 540 g/mol. The average molecular weight is 567 g/mol. The van der Waals surface area contributed by atoms with E-state index in [4.69, 9.17) is 19.4 Å². The van der Waals surface area contributed by atoms with Crippen LogP contribution < -0.4 is 4.90 Å². The molecular formula is C39H26N4O. The Bertz CT molecular complexity index is 2120. The van der Waals surface area contributed by atoms with Crippen LogP contribution in [0.1, 0.15) is 0 Å². The standard InChI is InChI=1S/C39H26N4O/c1-5-15-27(16-6-1)37-40-38(28-17-7-2-8-18-28)42-39(41-37)32-25-26-33(35-31-23-13-14-24-34(31)44-36(32)35)43(29-19-9-3-10-20-29)30-21-11-4-12-22-30/h1-26H. The van der Waals surface area contributed by atoms with Gasteiger partial charge in [0.25, 0.3) is 0 Å². The van der Waals surface area contributed by atoms with Gasteiger partial charge in [0, 0.05) is 27.9 Å². The third-order valence-corrected chi connectivity index (χ3v) is 7.71. The molecule has 5 nitrogen and oxygen atoms in total. The van der Waals surface area contributed by atoms with Crippen molar-refractivity contribution >= 4 is 39.0 Å². The van der Waals surface area contributed by atoms with Gasteiger partial charge < -0.3 is 9.32 Å². The molecule has 0 N–H and O–H groups in total. The highest BCUT2D eigenvalue weighted by Crippen LogP contribution is 2.45. The number of nitrogens with zero attached hydrogens (tertiary/aromatic N) is 4. The highest BCUT2D eigenvalue weighted by atomic mass is 16.3. The molecule has 2 aromatic heterocycles. The summed E-state index contributed by atoms with van der Waals surface area (Å²) in [5, 5.41) is 2.02. The lowest BCUT2D eigenvalue weighted by Crippen LogP contribution is -2.10. The third kappa shape index (κ3) is 4.57. The Morgan fingerprint density at radius 1 is 0.432 bits per heavy atom. The molecule has 0 fully saturated rings. The predicted octanol–water partition coefficient (Wildman–Crippen LogP) is 10.2. The maximum absolute atomic E-state index is 6.66. The molecule has 2 heterocycles. The highest BCUT2D eigenvalue weighted by molar-refractivity contribution is 6.16. The molecule has 0 radical (unpaired) electrons. The van der Waals surface area contributed by atoms with E-state index in [1.807, 2.05) is 91.0 Å². The monoisotopic (exact) mass is 566 g/mol. The molecule has 0 saturated carbocycles. The maximum atomic E-state index is 6.66. The third-order valence-electron chi connectivity index (χ3n) is 7.71. The molecule has 0 amide bonds. The average Bonchev–Trinajstić information content (AvgIpc) is 3.50. The number of benzene rings is 6. The topological polar surface area (TPSA) is 55.1 Å². The molecule has 8 rings (SSSR count). The molecule has 6 aromatic carbocycles. The number of anilines is 3. The van der Waals surface area contributed by atoms with Crippen molar-refractivity contribution in [1.29, 1.82) is 0 Å². The smallest absolute Gasteiger partial charge is 0.167 e. The highest BCUT2D eigenvalue weighted by Gasteiger charge is 2.23. The zero-order chi connectivity index (χ0) is 29.3. The van der Waals surface area contributed by atoms with E-state index in [9.17, 15) is 0 Å². The SMILES string of the molecule is c1ccc(-c2nc(-c3ccccc3)nc(-c3ccc(N(c4ccccc4)c4ccccc4)c4c3oc3ccccc34)n2)cc1. The van der Waals surface area contributed by atoms with Crippen molar-refractivity contribution in [1.82, 2.24) is 15.0 Å². The normalized spacial score (nSPS) is 11.2. The second kappa shape index (κ2) is 11.0. The van der Waals surface area contributed by atoms with Crippen LogP contribution in [-0.4, -0.2) is 15.0 Å². The van der Waals surface area contributed by atoms with Gasteiger partial charge >= 0.3 is 0 Å². The van der Waals surface area contributed by atoms with Crippen molar-refractivity contribution in [2.24, 2.45) is 0 Å². The van der Waals surface area contributed by atoms with Crippen LogP contribution in [0.5, 0.6) is 0 Å². The van der Waals surface area contributed by atoms with Crippen LogP contribution >= 0.6 is 0 Å². The van der Waals surface area contributed by atoms with Gasteiger partial charge in [0.1, 0.15) is 11.2 Å². The summed E-state index contributed by atoms with van der Waals surface area (Å²) in [6.45, 7) is 0. The first-order chi connectivity index (χ1) is 21.8. The van der Waals surface area contributed by atoms with Gasteiger partial charge in [-0.3, -0.25) is 0 Å². The summed E-state index contributed by atoms with van der Waals surface area (Å²) in [5.74, 6) is 1.77. The van der Waals surface area contributed by atoms with Crippen LogP contribution in [0.25, 0.3) is 56.1 Å². The molecule has 5 heteroatoms. The number of fused-ring (bicyclic) bond motifs is 3. The fourth-order valence-corrected chi connectivity index (χ4v) is 5.68. The Morgan fingerprint density at radius 3 is 1.48 bits per heavy atom. The lowest BCUT2D eigenvalue weighted by molar-refractivity contribution is 0.669. The van der Waals surface area contributed by atoms with Crippen molar-refractivity contribution < 1.29 is 4.42 Å². The quantitative estimate of drug-likeness (QED) is 0.200. The summed E-state index contributed by atoms with van der Waals surface area (Å²) >= 11 is 0. The first-order valence-corrected chi connectivity index (χ1v) is 14.6. The summed E-state index contributed by atoms with van der Waals surface area (Å²) in [4.78, 5) is 17.2. The summed E-state index contributed by atoms with van der Waals surface area (Å²) in [5.41, 5.74) is 7.29. The van der Waals surface area contributed by atoms with Crippen molar-refractivity contribution in [3.05, 3.63) is 158 Å². The van der Waals surface area contributed by atoms with Gasteiger partial charge in [0.2, 0.25) is 0 Å². The molecule has 0 bridgehead atoms. The van der Waals surface area contributed by atoms with E-state index in [0.29, 0.717) is 17.5 Å². The zero-order valence-electron chi connectivity index (χ0n) is 23.7. The Balaban J connectivity index is 1.41. The van der Waals surface area contributed by atoms with Crippen LogP contribution in [-0.2, 0) is 0 Å². The number of aromatic nitrogens is 3. The first kappa shape index (κ1) is 25.6. The fraction of sp³-hybridized carbons (Fsp3) is 0.